The summed E-state index contributed by atoms with van der Waals surface area (Å²) in [7, 11) is 0. The largest absolute Gasteiger partial charge is 0.452 e. The summed E-state index contributed by atoms with van der Waals surface area (Å²) < 4.78 is 6.23. The molecule has 1 aromatic carbocycles. The van der Waals surface area contributed by atoms with Crippen LogP contribution in [0.4, 0.5) is 5.69 Å². The maximum atomic E-state index is 13.4. The Labute approximate surface area is 234 Å². The predicted octanol–water partition coefficient (Wildman–Crippen LogP) is 2.92. The van der Waals surface area contributed by atoms with Gasteiger partial charge in [0.25, 0.3) is 11.8 Å². The van der Waals surface area contributed by atoms with Gasteiger partial charge in [0.1, 0.15) is 11.2 Å². The van der Waals surface area contributed by atoms with E-state index in [9.17, 15) is 14.4 Å². The molecule has 0 radical (unpaired) electrons. The lowest BCUT2D eigenvalue weighted by Gasteiger charge is -2.26. The molecule has 0 saturated carbocycles. The van der Waals surface area contributed by atoms with E-state index in [1.807, 2.05) is 6.92 Å². The number of benzene rings is 2. The molecule has 1 aliphatic carbocycles. The number of aromatic nitrogens is 1. The zero-order valence-electron chi connectivity index (χ0n) is 23.6. The van der Waals surface area contributed by atoms with Crippen molar-refractivity contribution in [1.82, 2.24) is 25.4 Å². The Morgan fingerprint density at radius 1 is 0.900 bits per heavy atom. The number of nitrogen functional groups attached to an aromatic ring is 1. The molecular weight excluding hydrogens is 508 g/mol. The van der Waals surface area contributed by atoms with Crippen LogP contribution in [0.25, 0.3) is 22.6 Å². The standard InChI is InChI=1S/C30H40N6O4/c1-19-9-10-21(29(38)32-11-17-35-13-5-3-6-14-35)24-27(19)40-28-20(2)26(37)23(31)22(25(28)34-24)30(39)33-12-18-36-15-7-4-8-16-36/h9-10H,3-8,11-18,31H2,1-2H3,(H,32,38)(H,33,39). The van der Waals surface area contributed by atoms with Crippen molar-refractivity contribution in [1.29, 1.82) is 0 Å². The topological polar surface area (TPSA) is 134 Å². The predicted molar refractivity (Wildman–Crippen MR) is 156 cm³/mol. The number of carbonyl (C=O) groups excluding carboxylic acids is 2. The number of carbonyl (C=O) groups is 2. The van der Waals surface area contributed by atoms with Gasteiger partial charge in [-0.1, -0.05) is 18.9 Å². The second-order valence-corrected chi connectivity index (χ2v) is 11.1. The van der Waals surface area contributed by atoms with E-state index in [1.165, 1.54) is 25.7 Å². The lowest BCUT2D eigenvalue weighted by atomic mass is 9.99. The minimum absolute atomic E-state index is 0.00661. The maximum Gasteiger partial charge on any atom is 0.255 e. The highest BCUT2D eigenvalue weighted by Gasteiger charge is 2.29. The average molecular weight is 549 g/mol. The van der Waals surface area contributed by atoms with Crippen LogP contribution in [0.5, 0.6) is 0 Å². The third kappa shape index (κ3) is 5.83. The van der Waals surface area contributed by atoms with Crippen molar-refractivity contribution < 1.29 is 14.0 Å². The summed E-state index contributed by atoms with van der Waals surface area (Å²) in [6.45, 7) is 10.1. The van der Waals surface area contributed by atoms with Gasteiger partial charge in [0, 0.05) is 31.7 Å². The van der Waals surface area contributed by atoms with Crippen molar-refractivity contribution in [3.05, 3.63) is 44.6 Å². The van der Waals surface area contributed by atoms with Crippen molar-refractivity contribution >= 4 is 28.6 Å². The maximum absolute atomic E-state index is 13.4. The molecular formula is C30H40N6O4. The van der Waals surface area contributed by atoms with Crippen molar-refractivity contribution in [3.63, 3.8) is 0 Å². The van der Waals surface area contributed by atoms with Gasteiger partial charge in [0.15, 0.2) is 11.3 Å². The normalized spacial score (nSPS) is 16.9. The Morgan fingerprint density at radius 2 is 1.48 bits per heavy atom. The van der Waals surface area contributed by atoms with Gasteiger partial charge in [0.2, 0.25) is 5.43 Å². The van der Waals surface area contributed by atoms with Gasteiger partial charge in [-0.05, 0) is 77.3 Å². The van der Waals surface area contributed by atoms with Gasteiger partial charge in [-0.2, -0.15) is 0 Å². The number of likely N-dealkylation sites (tertiary alicyclic amines) is 2. The molecule has 0 spiro atoms. The molecule has 5 rings (SSSR count). The molecule has 2 fully saturated rings. The van der Waals surface area contributed by atoms with Crippen LogP contribution < -0.4 is 21.8 Å². The van der Waals surface area contributed by atoms with Crippen molar-refractivity contribution in [2.45, 2.75) is 52.4 Å². The number of nitrogens with one attached hydrogen (secondary N) is 2. The van der Waals surface area contributed by atoms with Crippen molar-refractivity contribution in [2.75, 3.05) is 58.1 Å². The number of aryl methyl sites for hydroxylation is 1. The summed E-state index contributed by atoms with van der Waals surface area (Å²) in [6.07, 6.45) is 7.21. The van der Waals surface area contributed by atoms with Gasteiger partial charge in [0.05, 0.1) is 16.8 Å². The number of piperidine rings is 2. The number of hydrogen-bond donors (Lipinski definition) is 3. The first kappa shape index (κ1) is 28.0. The average Bonchev–Trinajstić information content (AvgIpc) is 2.97. The fraction of sp³-hybridized carbons (Fsp3) is 0.533. The van der Waals surface area contributed by atoms with E-state index in [0.717, 1.165) is 57.7 Å². The number of nitrogens with zero attached hydrogens (tertiary/aromatic N) is 3. The fourth-order valence-electron chi connectivity index (χ4n) is 5.81. The van der Waals surface area contributed by atoms with Crippen LogP contribution >= 0.6 is 0 Å². The van der Waals surface area contributed by atoms with Crippen molar-refractivity contribution in [2.24, 2.45) is 0 Å². The van der Waals surface area contributed by atoms with E-state index in [4.69, 9.17) is 15.1 Å². The third-order valence-electron chi connectivity index (χ3n) is 8.20. The molecule has 0 aromatic heterocycles. The van der Waals surface area contributed by atoms with Crippen LogP contribution in [0.1, 0.15) is 70.4 Å². The van der Waals surface area contributed by atoms with E-state index < -0.39 is 11.3 Å². The minimum Gasteiger partial charge on any atom is -0.452 e. The van der Waals surface area contributed by atoms with Crippen LogP contribution in [-0.4, -0.2) is 79.0 Å². The molecule has 0 atom stereocenters. The summed E-state index contributed by atoms with van der Waals surface area (Å²) in [5.74, 6) is -0.529. The van der Waals surface area contributed by atoms with Crippen LogP contribution in [0.3, 0.4) is 0 Å². The van der Waals surface area contributed by atoms with Crippen LogP contribution in [0, 0.1) is 13.8 Å². The van der Waals surface area contributed by atoms with Gasteiger partial charge in [-0.3, -0.25) is 14.4 Å². The fourth-order valence-corrected chi connectivity index (χ4v) is 5.81. The second kappa shape index (κ2) is 12.3. The number of hydrogen-bond acceptors (Lipinski definition) is 8. The SMILES string of the molecule is Cc1c2oc3c(C)ccc(C(=O)NCCN4CCCCC4)c3nc-2c(C(=O)NCCN2CCCCC2)c(N)c1=O. The van der Waals surface area contributed by atoms with Gasteiger partial charge < -0.3 is 30.6 Å². The number of nitrogens with two attached hydrogens (primary N) is 1. The Bertz CT molecular complexity index is 1420. The smallest absolute Gasteiger partial charge is 0.255 e. The minimum atomic E-state index is -0.473. The first-order valence-corrected chi connectivity index (χ1v) is 14.5. The summed E-state index contributed by atoms with van der Waals surface area (Å²) in [4.78, 5) is 49.1. The lowest BCUT2D eigenvalue weighted by molar-refractivity contribution is 0.0940. The molecule has 2 amide bonds. The third-order valence-corrected chi connectivity index (χ3v) is 8.20. The van der Waals surface area contributed by atoms with Gasteiger partial charge in [-0.15, -0.1) is 0 Å². The molecule has 214 valence electrons. The number of anilines is 1. The Balaban J connectivity index is 1.45. The molecule has 4 N–H and O–H groups in total. The van der Waals surface area contributed by atoms with E-state index in [1.54, 1.807) is 19.1 Å². The first-order valence-electron chi connectivity index (χ1n) is 14.5. The Morgan fingerprint density at radius 3 is 2.08 bits per heavy atom. The molecule has 1 aromatic rings. The zero-order chi connectivity index (χ0) is 28.2. The van der Waals surface area contributed by atoms with Crippen LogP contribution in [-0.2, 0) is 0 Å². The highest BCUT2D eigenvalue weighted by molar-refractivity contribution is 6.08. The molecule has 10 nitrogen and oxygen atoms in total. The summed E-state index contributed by atoms with van der Waals surface area (Å²) in [5.41, 5.74) is 7.92. The lowest BCUT2D eigenvalue weighted by Crippen LogP contribution is -2.38. The first-order chi connectivity index (χ1) is 19.3. The molecule has 0 unspecified atom stereocenters. The Hall–Kier alpha value is -3.50. The molecule has 10 heteroatoms. The van der Waals surface area contributed by atoms with E-state index in [2.05, 4.69) is 20.4 Å². The summed E-state index contributed by atoms with van der Waals surface area (Å²) >= 11 is 0. The second-order valence-electron chi connectivity index (χ2n) is 11.1. The van der Waals surface area contributed by atoms with E-state index in [-0.39, 0.29) is 34.2 Å². The molecule has 2 saturated heterocycles. The molecule has 3 heterocycles. The summed E-state index contributed by atoms with van der Waals surface area (Å²) in [5, 5.41) is 5.93. The van der Waals surface area contributed by atoms with Crippen LogP contribution in [0.2, 0.25) is 0 Å². The monoisotopic (exact) mass is 548 g/mol. The highest BCUT2D eigenvalue weighted by Crippen LogP contribution is 2.34. The molecule has 0 bridgehead atoms. The zero-order valence-corrected chi connectivity index (χ0v) is 23.6. The molecule has 40 heavy (non-hydrogen) atoms. The number of amides is 2. The quantitative estimate of drug-likeness (QED) is 0.289. The van der Waals surface area contributed by atoms with E-state index >= 15 is 0 Å². The van der Waals surface area contributed by atoms with Crippen molar-refractivity contribution in [3.8, 4) is 11.5 Å². The van der Waals surface area contributed by atoms with E-state index in [0.29, 0.717) is 29.8 Å². The van der Waals surface area contributed by atoms with Gasteiger partial charge in [-0.25, -0.2) is 4.98 Å². The van der Waals surface area contributed by atoms with Gasteiger partial charge >= 0.3 is 0 Å². The molecule has 3 aliphatic heterocycles. The Kier molecular flexibility index (Phi) is 8.66. The number of rotatable bonds is 8. The highest BCUT2D eigenvalue weighted by atomic mass is 16.3. The number of fused-ring (bicyclic) bond motifs is 2. The van der Waals surface area contributed by atoms with Crippen LogP contribution in [0.15, 0.2) is 21.3 Å². The summed E-state index contributed by atoms with van der Waals surface area (Å²) in [6, 6.07) is 3.52. The molecule has 4 aliphatic rings.